The average Bonchev–Trinajstić information content (AvgIpc) is 2.69. The van der Waals surface area contributed by atoms with Crippen molar-refractivity contribution in [3.63, 3.8) is 0 Å². The van der Waals surface area contributed by atoms with Gasteiger partial charge in [-0.1, -0.05) is 30.3 Å². The van der Waals surface area contributed by atoms with Crippen molar-refractivity contribution in [2.24, 2.45) is 11.8 Å². The Balaban J connectivity index is 1.70. The van der Waals surface area contributed by atoms with Crippen LogP contribution in [0.15, 0.2) is 30.3 Å². The van der Waals surface area contributed by atoms with E-state index in [2.05, 4.69) is 5.32 Å². The normalized spacial score (nSPS) is 24.8. The highest BCUT2D eigenvalue weighted by atomic mass is 16.2. The zero-order valence-corrected chi connectivity index (χ0v) is 16.0. The summed E-state index contributed by atoms with van der Waals surface area (Å²) < 4.78 is 0. The van der Waals surface area contributed by atoms with Gasteiger partial charge in [-0.05, 0) is 50.8 Å². The zero-order chi connectivity index (χ0) is 18.5. The van der Waals surface area contributed by atoms with Crippen LogP contribution in [0.2, 0.25) is 0 Å². The molecule has 1 N–H and O–H groups in total. The molecule has 0 bridgehead atoms. The highest BCUT2D eigenvalue weighted by Gasteiger charge is 2.41. The van der Waals surface area contributed by atoms with Crippen molar-refractivity contribution >= 4 is 11.8 Å². The van der Waals surface area contributed by atoms with Gasteiger partial charge in [-0.25, -0.2) is 0 Å². The van der Waals surface area contributed by atoms with Crippen molar-refractivity contribution in [1.82, 2.24) is 15.1 Å². The number of carbonyl (C=O) groups is 2. The molecule has 1 aromatic rings. The van der Waals surface area contributed by atoms with Gasteiger partial charge in [0.25, 0.3) is 0 Å². The number of nitrogens with one attached hydrogen (secondary N) is 1. The van der Waals surface area contributed by atoms with Crippen LogP contribution in [0.4, 0.5) is 0 Å². The Bertz CT molecular complexity index is 611. The van der Waals surface area contributed by atoms with E-state index in [-0.39, 0.29) is 23.8 Å². The lowest BCUT2D eigenvalue weighted by Crippen LogP contribution is -2.49. The van der Waals surface area contributed by atoms with Gasteiger partial charge in [-0.15, -0.1) is 0 Å². The molecule has 2 amide bonds. The fourth-order valence-corrected chi connectivity index (χ4v) is 4.43. The van der Waals surface area contributed by atoms with Crippen molar-refractivity contribution < 1.29 is 9.59 Å². The van der Waals surface area contributed by atoms with Gasteiger partial charge < -0.3 is 15.1 Å². The highest BCUT2D eigenvalue weighted by molar-refractivity contribution is 5.85. The Morgan fingerprint density at radius 3 is 2.50 bits per heavy atom. The molecule has 2 heterocycles. The van der Waals surface area contributed by atoms with Gasteiger partial charge in [-0.2, -0.15) is 0 Å². The summed E-state index contributed by atoms with van der Waals surface area (Å²) in [6.07, 6.45) is 4.48. The Kier molecular flexibility index (Phi) is 6.30. The minimum absolute atomic E-state index is 0.131. The summed E-state index contributed by atoms with van der Waals surface area (Å²) in [5.41, 5.74) is 1.06. The Hall–Kier alpha value is -1.88. The fraction of sp³-hybridized carbons (Fsp3) is 0.619. The van der Waals surface area contributed by atoms with E-state index in [4.69, 9.17) is 0 Å². The molecule has 2 aliphatic heterocycles. The molecule has 1 aromatic carbocycles. The lowest BCUT2D eigenvalue weighted by Gasteiger charge is -2.42. The second-order valence-corrected chi connectivity index (χ2v) is 7.67. The maximum atomic E-state index is 13.3. The number of hydrogen-bond donors (Lipinski definition) is 1. The number of likely N-dealkylation sites (tertiary alicyclic amines) is 2. The zero-order valence-electron chi connectivity index (χ0n) is 16.0. The van der Waals surface area contributed by atoms with Crippen LogP contribution in [0, 0.1) is 11.8 Å². The van der Waals surface area contributed by atoms with E-state index in [1.807, 2.05) is 49.3 Å². The molecular formula is C21H31N3O2. The highest BCUT2D eigenvalue weighted by Crippen LogP contribution is 2.37. The molecule has 0 aliphatic carbocycles. The number of hydrogen-bond acceptors (Lipinski definition) is 3. The molecule has 5 heteroatoms. The summed E-state index contributed by atoms with van der Waals surface area (Å²) >= 11 is 0. The smallest absolute Gasteiger partial charge is 0.228 e. The third-order valence-corrected chi connectivity index (χ3v) is 6.05. The standard InChI is InChI=1S/C21H31N3O2/c1-22-13-10-16-11-14-24(15-12-16)21(26)18-8-9-19(25)23(2)20(18)17-6-4-3-5-7-17/h3-7,16,18,20,22H,8-15H2,1-2H3. The maximum absolute atomic E-state index is 13.3. The van der Waals surface area contributed by atoms with Crippen molar-refractivity contribution in [3.8, 4) is 0 Å². The van der Waals surface area contributed by atoms with Crippen molar-refractivity contribution in [3.05, 3.63) is 35.9 Å². The first-order chi connectivity index (χ1) is 12.6. The first-order valence-electron chi connectivity index (χ1n) is 9.85. The quantitative estimate of drug-likeness (QED) is 0.881. The lowest BCUT2D eigenvalue weighted by atomic mass is 9.83. The lowest BCUT2D eigenvalue weighted by molar-refractivity contribution is -0.147. The summed E-state index contributed by atoms with van der Waals surface area (Å²) in [6.45, 7) is 2.75. The van der Waals surface area contributed by atoms with Gasteiger partial charge in [0.2, 0.25) is 11.8 Å². The van der Waals surface area contributed by atoms with Crippen LogP contribution >= 0.6 is 0 Å². The summed E-state index contributed by atoms with van der Waals surface area (Å²) in [4.78, 5) is 29.4. The molecule has 0 aromatic heterocycles. The number of carbonyl (C=O) groups excluding carboxylic acids is 2. The van der Waals surface area contributed by atoms with E-state index < -0.39 is 0 Å². The van der Waals surface area contributed by atoms with Gasteiger partial charge in [0.05, 0.1) is 12.0 Å². The van der Waals surface area contributed by atoms with Crippen LogP contribution in [0.25, 0.3) is 0 Å². The van der Waals surface area contributed by atoms with Crippen LogP contribution in [-0.2, 0) is 9.59 Å². The van der Waals surface area contributed by atoms with Gasteiger partial charge in [0.1, 0.15) is 0 Å². The molecular weight excluding hydrogens is 326 g/mol. The third kappa shape index (κ3) is 4.09. The van der Waals surface area contributed by atoms with E-state index >= 15 is 0 Å². The van der Waals surface area contributed by atoms with Gasteiger partial charge >= 0.3 is 0 Å². The Morgan fingerprint density at radius 2 is 1.85 bits per heavy atom. The molecule has 5 nitrogen and oxygen atoms in total. The summed E-state index contributed by atoms with van der Waals surface area (Å²) in [5, 5.41) is 3.22. The number of rotatable bonds is 5. The SMILES string of the molecule is CNCCC1CCN(C(=O)C2CCC(=O)N(C)C2c2ccccc2)CC1. The minimum atomic E-state index is -0.146. The Morgan fingerprint density at radius 1 is 1.15 bits per heavy atom. The molecule has 0 radical (unpaired) electrons. The van der Waals surface area contributed by atoms with E-state index in [1.165, 1.54) is 6.42 Å². The first kappa shape index (κ1) is 18.9. The topological polar surface area (TPSA) is 52.7 Å². The molecule has 3 rings (SSSR count). The molecule has 2 unspecified atom stereocenters. The van der Waals surface area contributed by atoms with E-state index in [0.29, 0.717) is 18.8 Å². The largest absolute Gasteiger partial charge is 0.342 e. The average molecular weight is 357 g/mol. The van der Waals surface area contributed by atoms with E-state index in [9.17, 15) is 9.59 Å². The molecule has 0 saturated carbocycles. The maximum Gasteiger partial charge on any atom is 0.228 e. The first-order valence-corrected chi connectivity index (χ1v) is 9.85. The summed E-state index contributed by atoms with van der Waals surface area (Å²) in [5.74, 6) is 0.944. The van der Waals surface area contributed by atoms with Crippen molar-refractivity contribution in [2.75, 3.05) is 33.7 Å². The molecule has 2 aliphatic rings. The van der Waals surface area contributed by atoms with E-state index in [1.54, 1.807) is 4.90 Å². The van der Waals surface area contributed by atoms with E-state index in [0.717, 1.165) is 38.0 Å². The monoisotopic (exact) mass is 357 g/mol. The van der Waals surface area contributed by atoms with Crippen LogP contribution < -0.4 is 5.32 Å². The van der Waals surface area contributed by atoms with Crippen LogP contribution in [0.5, 0.6) is 0 Å². The van der Waals surface area contributed by atoms with Crippen molar-refractivity contribution in [2.45, 2.75) is 38.1 Å². The third-order valence-electron chi connectivity index (χ3n) is 6.05. The van der Waals surface area contributed by atoms with Crippen LogP contribution in [-0.4, -0.2) is 55.3 Å². The van der Waals surface area contributed by atoms with Gasteiger partial charge in [-0.3, -0.25) is 9.59 Å². The predicted octanol–water partition coefficient (Wildman–Crippen LogP) is 2.44. The molecule has 2 saturated heterocycles. The molecule has 26 heavy (non-hydrogen) atoms. The Labute approximate surface area is 156 Å². The molecule has 0 spiro atoms. The van der Waals surface area contributed by atoms with Crippen molar-refractivity contribution in [1.29, 1.82) is 0 Å². The van der Waals surface area contributed by atoms with Gasteiger partial charge in [0, 0.05) is 26.6 Å². The second-order valence-electron chi connectivity index (χ2n) is 7.67. The number of amides is 2. The second kappa shape index (κ2) is 8.67. The number of benzene rings is 1. The molecule has 2 fully saturated rings. The van der Waals surface area contributed by atoms with Crippen LogP contribution in [0.1, 0.15) is 43.7 Å². The van der Waals surface area contributed by atoms with Gasteiger partial charge in [0.15, 0.2) is 0 Å². The minimum Gasteiger partial charge on any atom is -0.342 e. The van der Waals surface area contributed by atoms with Crippen LogP contribution in [0.3, 0.4) is 0 Å². The summed E-state index contributed by atoms with van der Waals surface area (Å²) in [7, 11) is 3.83. The predicted molar refractivity (Wildman–Crippen MR) is 103 cm³/mol. The summed E-state index contributed by atoms with van der Waals surface area (Å²) in [6, 6.07) is 9.86. The fourth-order valence-electron chi connectivity index (χ4n) is 4.43. The number of nitrogens with zero attached hydrogens (tertiary/aromatic N) is 2. The molecule has 2 atom stereocenters. The molecule has 142 valence electrons. The number of piperidine rings is 2.